The van der Waals surface area contributed by atoms with Crippen molar-refractivity contribution in [3.05, 3.63) is 0 Å². The molecule has 1 fully saturated rings. The Bertz CT molecular complexity index is 273. The van der Waals surface area contributed by atoms with Crippen LogP contribution in [0.3, 0.4) is 0 Å². The van der Waals surface area contributed by atoms with E-state index in [4.69, 9.17) is 4.74 Å². The molecule has 1 aliphatic carbocycles. The smallest absolute Gasteiger partial charge is 0.319 e. The third-order valence-corrected chi connectivity index (χ3v) is 4.31. The second kappa shape index (κ2) is 5.64. The van der Waals surface area contributed by atoms with Crippen LogP contribution in [0, 0.1) is 17.3 Å². The van der Waals surface area contributed by atoms with Crippen molar-refractivity contribution >= 4 is 18.6 Å². The third kappa shape index (κ3) is 4.53. The van der Waals surface area contributed by atoms with Crippen molar-refractivity contribution in [1.82, 2.24) is 0 Å². The minimum absolute atomic E-state index is 0.0784. The maximum atomic E-state index is 11.9. The normalized spacial score (nSPS) is 30.1. The predicted octanol–water partition coefficient (Wildman–Crippen LogP) is 3.70. The first kappa shape index (κ1) is 14.9. The molecule has 0 heterocycles. The van der Waals surface area contributed by atoms with Gasteiger partial charge in [-0.3, -0.25) is 4.79 Å². The number of hydrogen-bond acceptors (Lipinski definition) is 3. The Hall–Kier alpha value is -0.180. The molecular formula is C14H26O2S. The average molecular weight is 258 g/mol. The van der Waals surface area contributed by atoms with Gasteiger partial charge in [0.15, 0.2) is 0 Å². The molecule has 3 unspecified atom stereocenters. The van der Waals surface area contributed by atoms with Crippen molar-refractivity contribution < 1.29 is 9.53 Å². The molecule has 0 radical (unpaired) electrons. The number of esters is 1. The van der Waals surface area contributed by atoms with Crippen LogP contribution >= 0.6 is 12.6 Å². The van der Waals surface area contributed by atoms with Crippen LogP contribution in [-0.2, 0) is 9.53 Å². The summed E-state index contributed by atoms with van der Waals surface area (Å²) in [5.74, 6) is 0.701. The van der Waals surface area contributed by atoms with E-state index in [2.05, 4.69) is 33.4 Å². The molecule has 0 bridgehead atoms. The Morgan fingerprint density at radius 3 is 2.41 bits per heavy atom. The van der Waals surface area contributed by atoms with Crippen LogP contribution < -0.4 is 0 Å². The molecule has 0 spiro atoms. The van der Waals surface area contributed by atoms with Crippen LogP contribution in [0.25, 0.3) is 0 Å². The number of rotatable bonds is 3. The highest BCUT2D eigenvalue weighted by Crippen LogP contribution is 2.39. The van der Waals surface area contributed by atoms with E-state index in [0.717, 1.165) is 12.8 Å². The number of ether oxygens (including phenoxy) is 1. The minimum Gasteiger partial charge on any atom is -0.462 e. The quantitative estimate of drug-likeness (QED) is 0.617. The fraction of sp³-hybridized carbons (Fsp3) is 0.929. The van der Waals surface area contributed by atoms with Gasteiger partial charge in [0, 0.05) is 0 Å². The van der Waals surface area contributed by atoms with Gasteiger partial charge in [0.1, 0.15) is 11.4 Å². The Morgan fingerprint density at radius 2 is 1.94 bits per heavy atom. The molecule has 2 nitrogen and oxygen atoms in total. The lowest BCUT2D eigenvalue weighted by Crippen LogP contribution is -2.36. The number of carbonyl (C=O) groups is 1. The molecule has 0 aromatic rings. The van der Waals surface area contributed by atoms with Gasteiger partial charge in [-0.05, 0) is 36.5 Å². The van der Waals surface area contributed by atoms with Crippen LogP contribution in [0.2, 0.25) is 0 Å². The summed E-state index contributed by atoms with van der Waals surface area (Å²) in [4.78, 5) is 11.9. The van der Waals surface area contributed by atoms with Gasteiger partial charge in [0.2, 0.25) is 0 Å². The maximum absolute atomic E-state index is 11.9. The number of thiol groups is 1. The topological polar surface area (TPSA) is 26.3 Å². The second-order valence-corrected chi connectivity index (χ2v) is 7.22. The summed E-state index contributed by atoms with van der Waals surface area (Å²) in [6.07, 6.45) is 3.26. The van der Waals surface area contributed by atoms with E-state index in [-0.39, 0.29) is 28.7 Å². The summed E-state index contributed by atoms with van der Waals surface area (Å²) in [6, 6.07) is 0. The molecule has 3 heteroatoms. The largest absolute Gasteiger partial charge is 0.462 e. The van der Waals surface area contributed by atoms with Gasteiger partial charge in [-0.1, -0.05) is 34.6 Å². The fourth-order valence-corrected chi connectivity index (χ4v) is 2.92. The van der Waals surface area contributed by atoms with Gasteiger partial charge >= 0.3 is 5.97 Å². The zero-order valence-corrected chi connectivity index (χ0v) is 12.6. The summed E-state index contributed by atoms with van der Waals surface area (Å²) in [6.45, 7) is 10.7. The van der Waals surface area contributed by atoms with E-state index in [1.165, 1.54) is 6.42 Å². The minimum atomic E-state index is -0.296. The van der Waals surface area contributed by atoms with Gasteiger partial charge in [-0.25, -0.2) is 0 Å². The van der Waals surface area contributed by atoms with Crippen LogP contribution in [0.4, 0.5) is 0 Å². The SMILES string of the molecule is CC1CC(OC(=O)C(S)C(C)C)CC(C)(C)C1. The van der Waals surface area contributed by atoms with Crippen molar-refractivity contribution in [1.29, 1.82) is 0 Å². The Morgan fingerprint density at radius 1 is 1.35 bits per heavy atom. The van der Waals surface area contributed by atoms with Crippen LogP contribution in [-0.4, -0.2) is 17.3 Å². The third-order valence-electron chi connectivity index (χ3n) is 3.50. The Kier molecular flexibility index (Phi) is 4.94. The van der Waals surface area contributed by atoms with E-state index in [1.54, 1.807) is 0 Å². The van der Waals surface area contributed by atoms with Gasteiger partial charge < -0.3 is 4.74 Å². The lowest BCUT2D eigenvalue weighted by molar-refractivity contribution is -0.153. The summed E-state index contributed by atoms with van der Waals surface area (Å²) in [5, 5.41) is -0.296. The molecule has 0 aromatic heterocycles. The summed E-state index contributed by atoms with van der Waals surface area (Å²) in [7, 11) is 0. The molecule has 0 aliphatic heterocycles. The Balaban J connectivity index is 2.54. The molecule has 1 saturated carbocycles. The molecule has 1 aliphatic rings. The summed E-state index contributed by atoms with van der Waals surface area (Å²) >= 11 is 4.31. The molecule has 0 N–H and O–H groups in total. The average Bonchev–Trinajstić information content (AvgIpc) is 2.12. The van der Waals surface area contributed by atoms with Gasteiger partial charge in [-0.15, -0.1) is 0 Å². The molecule has 0 aromatic carbocycles. The lowest BCUT2D eigenvalue weighted by atomic mass is 9.71. The molecule has 1 rings (SSSR count). The molecule has 3 atom stereocenters. The zero-order chi connectivity index (χ0) is 13.2. The highest BCUT2D eigenvalue weighted by atomic mass is 32.1. The second-order valence-electron chi connectivity index (χ2n) is 6.66. The van der Waals surface area contributed by atoms with Gasteiger partial charge in [-0.2, -0.15) is 12.6 Å². The van der Waals surface area contributed by atoms with E-state index < -0.39 is 0 Å². The van der Waals surface area contributed by atoms with E-state index in [0.29, 0.717) is 5.92 Å². The molecular weight excluding hydrogens is 232 g/mol. The summed E-state index contributed by atoms with van der Waals surface area (Å²) in [5.41, 5.74) is 0.284. The monoisotopic (exact) mass is 258 g/mol. The first-order valence-electron chi connectivity index (χ1n) is 6.60. The highest BCUT2D eigenvalue weighted by Gasteiger charge is 2.35. The van der Waals surface area contributed by atoms with E-state index in [9.17, 15) is 4.79 Å². The molecule has 100 valence electrons. The van der Waals surface area contributed by atoms with Gasteiger partial charge in [0.05, 0.1) is 0 Å². The first-order chi connectivity index (χ1) is 7.71. The standard InChI is InChI=1S/C14H26O2S/c1-9(2)12(17)13(15)16-11-6-10(3)7-14(4,5)8-11/h9-12,17H,6-8H2,1-5H3. The lowest BCUT2D eigenvalue weighted by Gasteiger charge is -2.38. The van der Waals surface area contributed by atoms with Crippen molar-refractivity contribution in [2.45, 2.75) is 65.2 Å². The predicted molar refractivity (Wildman–Crippen MR) is 74.3 cm³/mol. The first-order valence-corrected chi connectivity index (χ1v) is 7.11. The van der Waals surface area contributed by atoms with Gasteiger partial charge in [0.25, 0.3) is 0 Å². The van der Waals surface area contributed by atoms with Crippen molar-refractivity contribution in [3.63, 3.8) is 0 Å². The summed E-state index contributed by atoms with van der Waals surface area (Å²) < 4.78 is 5.61. The molecule has 0 amide bonds. The number of hydrogen-bond donors (Lipinski definition) is 1. The fourth-order valence-electron chi connectivity index (χ4n) is 2.85. The van der Waals surface area contributed by atoms with Crippen LogP contribution in [0.1, 0.15) is 53.9 Å². The van der Waals surface area contributed by atoms with Crippen LogP contribution in [0.15, 0.2) is 0 Å². The molecule has 17 heavy (non-hydrogen) atoms. The highest BCUT2D eigenvalue weighted by molar-refractivity contribution is 7.81. The van der Waals surface area contributed by atoms with Crippen molar-refractivity contribution in [2.75, 3.05) is 0 Å². The van der Waals surface area contributed by atoms with Crippen molar-refractivity contribution in [2.24, 2.45) is 17.3 Å². The molecule has 0 saturated heterocycles. The number of carbonyl (C=O) groups excluding carboxylic acids is 1. The van der Waals surface area contributed by atoms with E-state index in [1.807, 2.05) is 13.8 Å². The Labute approximate surface area is 111 Å². The maximum Gasteiger partial charge on any atom is 0.319 e. The van der Waals surface area contributed by atoms with E-state index >= 15 is 0 Å². The van der Waals surface area contributed by atoms with Crippen LogP contribution in [0.5, 0.6) is 0 Å². The van der Waals surface area contributed by atoms with Crippen molar-refractivity contribution in [3.8, 4) is 0 Å². The zero-order valence-electron chi connectivity index (χ0n) is 11.7.